The van der Waals surface area contributed by atoms with Gasteiger partial charge in [-0.2, -0.15) is 59.7 Å². The van der Waals surface area contributed by atoms with Crippen LogP contribution in [0.15, 0.2) is 84.9 Å². The molecule has 0 N–H and O–H groups in total. The molecule has 0 spiro atoms. The van der Waals surface area contributed by atoms with Gasteiger partial charge in [-0.05, 0) is 12.8 Å². The Morgan fingerprint density at radius 2 is 0.921 bits per heavy atom. The molecular weight excluding hydrogens is 631 g/mol. The average molecular weight is 668 g/mol. The summed E-state index contributed by atoms with van der Waals surface area (Å²) >= 11 is -0.826. The van der Waals surface area contributed by atoms with Crippen LogP contribution in [-0.2, 0) is 33.7 Å². The van der Waals surface area contributed by atoms with E-state index in [4.69, 9.17) is 17.0 Å². The van der Waals surface area contributed by atoms with Gasteiger partial charge < -0.3 is 0 Å². The molecule has 4 aromatic rings. The van der Waals surface area contributed by atoms with E-state index in [0.29, 0.717) is 0 Å². The van der Waals surface area contributed by atoms with Crippen LogP contribution in [0.5, 0.6) is 0 Å². The fraction of sp³-hybridized carbons (Fsp3) is 0.250. The van der Waals surface area contributed by atoms with Crippen molar-refractivity contribution >= 4 is 40.8 Å². The van der Waals surface area contributed by atoms with Crippen LogP contribution in [0.3, 0.4) is 0 Å². The number of rotatable bonds is 2. The summed E-state index contributed by atoms with van der Waals surface area (Å²) in [4.78, 5) is 0. The van der Waals surface area contributed by atoms with E-state index in [1.807, 2.05) is 12.1 Å². The molecule has 6 rings (SSSR count). The van der Waals surface area contributed by atoms with Gasteiger partial charge in [0.1, 0.15) is 0 Å². The summed E-state index contributed by atoms with van der Waals surface area (Å²) < 4.78 is 0. The summed E-state index contributed by atoms with van der Waals surface area (Å²) in [7, 11) is 9.42. The minimum absolute atomic E-state index is 0.648. The molecule has 2 aliphatic rings. The van der Waals surface area contributed by atoms with Crippen molar-refractivity contribution in [1.82, 2.24) is 0 Å². The molecule has 0 saturated heterocycles. The SMILES string of the molecule is C[Si](C)(C)[SiH][Si](C)(C)C.[Cl][Zr+2][Cl].[c-]1cccc2c1Cc1ccccc1-2.[c-]1cccc2c1Cc1ccccc1-2. The summed E-state index contributed by atoms with van der Waals surface area (Å²) in [6, 6.07) is 36.2. The van der Waals surface area contributed by atoms with Crippen LogP contribution in [0.1, 0.15) is 22.3 Å². The minimum Gasteiger partial charge on any atom is -0.179 e. The van der Waals surface area contributed by atoms with Gasteiger partial charge in [-0.3, -0.25) is 0 Å². The maximum absolute atomic E-state index is 4.93. The molecular formula is C32H37Cl2Si3Zr. The summed E-state index contributed by atoms with van der Waals surface area (Å²) in [6.07, 6.45) is 2.10. The van der Waals surface area contributed by atoms with Gasteiger partial charge in [0.05, 0.1) is 0 Å². The number of benzene rings is 4. The smallest absolute Gasteiger partial charge is 0.0253 e. The summed E-state index contributed by atoms with van der Waals surface area (Å²) in [5.41, 5.74) is 11.0. The van der Waals surface area contributed by atoms with Gasteiger partial charge >= 0.3 is 37.9 Å². The largest absolute Gasteiger partial charge is 0.179 e. The molecule has 195 valence electrons. The number of hydrogen-bond acceptors (Lipinski definition) is 0. The zero-order valence-electron chi connectivity index (χ0n) is 23.3. The van der Waals surface area contributed by atoms with Gasteiger partial charge in [-0.1, -0.05) is 110 Å². The molecule has 38 heavy (non-hydrogen) atoms. The molecule has 6 heteroatoms. The van der Waals surface area contributed by atoms with Crippen LogP contribution >= 0.6 is 17.0 Å². The van der Waals surface area contributed by atoms with Crippen molar-refractivity contribution < 1.29 is 20.8 Å². The maximum Gasteiger partial charge on any atom is -0.0253 e. The summed E-state index contributed by atoms with van der Waals surface area (Å²) in [5.74, 6) is 0. The van der Waals surface area contributed by atoms with Crippen molar-refractivity contribution in [3.05, 3.63) is 119 Å². The third-order valence-electron chi connectivity index (χ3n) is 6.10. The van der Waals surface area contributed by atoms with E-state index in [1.165, 1.54) is 44.5 Å². The Kier molecular flexibility index (Phi) is 12.1. The fourth-order valence-electron chi connectivity index (χ4n) is 5.29. The first-order chi connectivity index (χ1) is 18.0. The second-order valence-electron chi connectivity index (χ2n) is 11.7. The zero-order valence-corrected chi connectivity index (χ0v) is 30.5. The molecule has 4 aromatic carbocycles. The standard InChI is InChI=1S/2C13H9.C6H19Si3.2ClH.Zr/c2*1-3-7-12-10(5-1)9-11-6-2-4-8-13(11)12;1-8(2,3)7-9(4,5)6;;;/h2*1-5,7-8H,9H2;7H,1-6H3;2*1H;/q2*-1;;;;+4/p-2. The molecule has 0 amide bonds. The van der Waals surface area contributed by atoms with Crippen molar-refractivity contribution in [3.8, 4) is 22.3 Å². The number of fused-ring (bicyclic) bond motifs is 6. The van der Waals surface area contributed by atoms with Crippen molar-refractivity contribution in [3.63, 3.8) is 0 Å². The summed E-state index contributed by atoms with van der Waals surface area (Å²) in [6.45, 7) is 15.0. The van der Waals surface area contributed by atoms with Crippen LogP contribution in [0.25, 0.3) is 22.3 Å². The van der Waals surface area contributed by atoms with Gasteiger partial charge in [0.25, 0.3) is 0 Å². The second kappa shape index (κ2) is 14.6. The third-order valence-corrected chi connectivity index (χ3v) is 28.6. The van der Waals surface area contributed by atoms with Crippen LogP contribution in [0.4, 0.5) is 0 Å². The Bertz CT molecular complexity index is 1140. The Hall–Kier alpha value is -1.01. The Labute approximate surface area is 253 Å². The molecule has 0 nitrogen and oxygen atoms in total. The molecule has 0 bridgehead atoms. The maximum atomic E-state index is 4.93. The molecule has 0 aliphatic heterocycles. The summed E-state index contributed by atoms with van der Waals surface area (Å²) in [5, 5.41) is 0. The van der Waals surface area contributed by atoms with E-state index in [0.717, 1.165) is 21.4 Å². The predicted molar refractivity (Wildman–Crippen MR) is 173 cm³/mol. The van der Waals surface area contributed by atoms with Gasteiger partial charge in [-0.25, -0.2) is 0 Å². The van der Waals surface area contributed by atoms with Gasteiger partial charge in [0.2, 0.25) is 0 Å². The number of hydrogen-bond donors (Lipinski definition) is 0. The van der Waals surface area contributed by atoms with Crippen molar-refractivity contribution in [2.75, 3.05) is 0 Å². The van der Waals surface area contributed by atoms with E-state index >= 15 is 0 Å². The molecule has 0 heterocycles. The molecule has 0 aromatic heterocycles. The Balaban J connectivity index is 0.000000153. The quantitative estimate of drug-likeness (QED) is 0.127. The van der Waals surface area contributed by atoms with Crippen molar-refractivity contribution in [2.45, 2.75) is 52.1 Å². The van der Waals surface area contributed by atoms with Crippen molar-refractivity contribution in [1.29, 1.82) is 0 Å². The van der Waals surface area contributed by atoms with E-state index in [1.54, 1.807) is 0 Å². The van der Waals surface area contributed by atoms with Crippen LogP contribution in [0, 0.1) is 12.1 Å². The zero-order chi connectivity index (χ0) is 27.8. The van der Waals surface area contributed by atoms with E-state index < -0.39 is 36.0 Å². The van der Waals surface area contributed by atoms with Crippen LogP contribution < -0.4 is 0 Å². The van der Waals surface area contributed by atoms with E-state index in [2.05, 4.69) is 124 Å². The topological polar surface area (TPSA) is 0 Å². The minimum atomic E-state index is -0.826. The van der Waals surface area contributed by atoms with Crippen LogP contribution in [-0.4, -0.2) is 23.7 Å². The Morgan fingerprint density at radius 3 is 1.26 bits per heavy atom. The first-order valence-corrected chi connectivity index (χ1v) is 30.0. The second-order valence-corrected chi connectivity index (χ2v) is 39.1. The predicted octanol–water partition coefficient (Wildman–Crippen LogP) is 9.59. The molecule has 1 radical (unpaired) electrons. The first kappa shape index (κ1) is 31.5. The third kappa shape index (κ3) is 9.57. The average Bonchev–Trinajstić information content (AvgIpc) is 3.42. The van der Waals surface area contributed by atoms with E-state index in [-0.39, 0.29) is 0 Å². The van der Waals surface area contributed by atoms with Gasteiger partial charge in [0, 0.05) is 23.7 Å². The normalized spacial score (nSPS) is 12.0. The van der Waals surface area contributed by atoms with Crippen LogP contribution in [0.2, 0.25) is 39.3 Å². The van der Waals surface area contributed by atoms with Crippen molar-refractivity contribution in [2.24, 2.45) is 0 Å². The number of halogens is 2. The van der Waals surface area contributed by atoms with Gasteiger partial charge in [-0.15, -0.1) is 11.1 Å². The van der Waals surface area contributed by atoms with E-state index in [9.17, 15) is 0 Å². The first-order valence-electron chi connectivity index (χ1n) is 13.0. The fourth-order valence-corrected chi connectivity index (χ4v) is 39.1. The molecule has 0 saturated carbocycles. The molecule has 0 unspecified atom stereocenters. The Morgan fingerprint density at radius 1 is 0.579 bits per heavy atom. The van der Waals surface area contributed by atoms with Gasteiger partial charge in [0.15, 0.2) is 0 Å². The molecule has 2 aliphatic carbocycles. The molecule has 0 fully saturated rings. The monoisotopic (exact) mass is 665 g/mol. The molecule has 0 atom stereocenters.